The maximum atomic E-state index is 6.20. The molecule has 0 saturated carbocycles. The van der Waals surface area contributed by atoms with Crippen LogP contribution in [0.3, 0.4) is 0 Å². The third-order valence-electron chi connectivity index (χ3n) is 4.13. The first-order valence-electron chi connectivity index (χ1n) is 8.84. The molecule has 0 radical (unpaired) electrons. The molecule has 2 aromatic carbocycles. The summed E-state index contributed by atoms with van der Waals surface area (Å²) in [5, 5.41) is 7.34. The molecule has 3 rings (SSSR count). The van der Waals surface area contributed by atoms with Crippen molar-refractivity contribution in [3.63, 3.8) is 0 Å². The van der Waals surface area contributed by atoms with Crippen molar-refractivity contribution in [2.45, 2.75) is 19.9 Å². The van der Waals surface area contributed by atoms with Crippen molar-refractivity contribution in [3.8, 4) is 5.75 Å². The largest absolute Gasteiger partial charge is 0.497 e. The van der Waals surface area contributed by atoms with E-state index in [1.807, 2.05) is 49.4 Å². The highest BCUT2D eigenvalue weighted by Gasteiger charge is 2.04. The van der Waals surface area contributed by atoms with Gasteiger partial charge in [-0.15, -0.1) is 0 Å². The normalized spacial score (nSPS) is 10.5. The molecule has 0 aliphatic rings. The zero-order valence-corrected chi connectivity index (χ0v) is 16.3. The minimum atomic E-state index is 0.578. The first-order chi connectivity index (χ1) is 13.1. The van der Waals surface area contributed by atoms with Gasteiger partial charge in [0.2, 0.25) is 5.95 Å². The molecule has 0 bridgehead atoms. The number of nitrogens with one attached hydrogen (secondary N) is 2. The smallest absolute Gasteiger partial charge is 0.225 e. The van der Waals surface area contributed by atoms with Gasteiger partial charge in [-0.05, 0) is 42.7 Å². The van der Waals surface area contributed by atoms with Gasteiger partial charge in [0, 0.05) is 29.9 Å². The Kier molecular flexibility index (Phi) is 6.49. The van der Waals surface area contributed by atoms with Gasteiger partial charge in [-0.1, -0.05) is 41.9 Å². The third-order valence-corrected chi connectivity index (χ3v) is 4.50. The highest BCUT2D eigenvalue weighted by atomic mass is 35.5. The Morgan fingerprint density at radius 2 is 1.78 bits per heavy atom. The fourth-order valence-corrected chi connectivity index (χ4v) is 2.88. The average molecular weight is 383 g/mol. The molecular weight excluding hydrogens is 360 g/mol. The van der Waals surface area contributed by atoms with Crippen molar-refractivity contribution < 1.29 is 4.74 Å². The monoisotopic (exact) mass is 382 g/mol. The second kappa shape index (κ2) is 9.24. The summed E-state index contributed by atoms with van der Waals surface area (Å²) in [6.07, 6.45) is 0.898. The van der Waals surface area contributed by atoms with E-state index in [1.165, 1.54) is 5.56 Å². The summed E-state index contributed by atoms with van der Waals surface area (Å²) in [7, 11) is 1.67. The number of rotatable bonds is 8. The number of nitrogens with zero attached hydrogens (tertiary/aromatic N) is 2. The number of halogens is 1. The van der Waals surface area contributed by atoms with Crippen LogP contribution in [-0.4, -0.2) is 23.6 Å². The molecule has 0 aliphatic carbocycles. The molecule has 1 aromatic heterocycles. The molecule has 0 saturated heterocycles. The summed E-state index contributed by atoms with van der Waals surface area (Å²) < 4.78 is 5.18. The summed E-state index contributed by atoms with van der Waals surface area (Å²) in [4.78, 5) is 8.99. The number of aryl methyl sites for hydroxylation is 1. The number of hydrogen-bond donors (Lipinski definition) is 2. The highest BCUT2D eigenvalue weighted by molar-refractivity contribution is 6.31. The molecule has 3 aromatic rings. The van der Waals surface area contributed by atoms with Crippen LogP contribution in [0.4, 0.5) is 11.8 Å². The zero-order chi connectivity index (χ0) is 19.1. The van der Waals surface area contributed by atoms with Gasteiger partial charge in [0.05, 0.1) is 7.11 Å². The maximum absolute atomic E-state index is 6.20. The van der Waals surface area contributed by atoms with Crippen molar-refractivity contribution in [3.05, 3.63) is 76.4 Å². The van der Waals surface area contributed by atoms with E-state index in [0.717, 1.165) is 40.8 Å². The van der Waals surface area contributed by atoms with Gasteiger partial charge in [0.15, 0.2) is 0 Å². The van der Waals surface area contributed by atoms with Gasteiger partial charge in [-0.3, -0.25) is 0 Å². The molecule has 27 heavy (non-hydrogen) atoms. The molecule has 140 valence electrons. The van der Waals surface area contributed by atoms with Crippen molar-refractivity contribution in [2.24, 2.45) is 0 Å². The van der Waals surface area contributed by atoms with Gasteiger partial charge in [0.25, 0.3) is 0 Å². The zero-order valence-electron chi connectivity index (χ0n) is 15.5. The molecule has 5 nitrogen and oxygen atoms in total. The number of hydrogen-bond acceptors (Lipinski definition) is 5. The Hall–Kier alpha value is -2.79. The number of ether oxygens (including phenoxy) is 1. The van der Waals surface area contributed by atoms with E-state index < -0.39 is 0 Å². The van der Waals surface area contributed by atoms with Crippen LogP contribution in [0.15, 0.2) is 54.6 Å². The van der Waals surface area contributed by atoms with E-state index in [4.69, 9.17) is 16.3 Å². The standard InChI is InChI=1S/C21H23ClN4O/c1-15-13-20(23-12-11-16-7-9-18(27-2)10-8-16)26-21(25-15)24-14-17-5-3-4-6-19(17)22/h3-10,13H,11-12,14H2,1-2H3,(H2,23,24,25,26). The van der Waals surface area contributed by atoms with Gasteiger partial charge in [-0.25, -0.2) is 4.98 Å². The van der Waals surface area contributed by atoms with Crippen molar-refractivity contribution in [1.82, 2.24) is 9.97 Å². The van der Waals surface area contributed by atoms with E-state index in [9.17, 15) is 0 Å². The van der Waals surface area contributed by atoms with E-state index in [-0.39, 0.29) is 0 Å². The minimum Gasteiger partial charge on any atom is -0.497 e. The van der Waals surface area contributed by atoms with Crippen LogP contribution < -0.4 is 15.4 Å². The van der Waals surface area contributed by atoms with Crippen molar-refractivity contribution in [2.75, 3.05) is 24.3 Å². The molecule has 6 heteroatoms. The number of anilines is 2. The molecule has 0 fully saturated rings. The molecular formula is C21H23ClN4O. The molecule has 0 atom stereocenters. The lowest BCUT2D eigenvalue weighted by molar-refractivity contribution is 0.414. The third kappa shape index (κ3) is 5.59. The first-order valence-corrected chi connectivity index (χ1v) is 9.21. The predicted octanol–water partition coefficient (Wildman–Crippen LogP) is 4.71. The van der Waals surface area contributed by atoms with Gasteiger partial charge >= 0.3 is 0 Å². The lowest BCUT2D eigenvalue weighted by Crippen LogP contribution is -2.10. The van der Waals surface area contributed by atoms with Crippen LogP contribution >= 0.6 is 11.6 Å². The second-order valence-corrected chi connectivity index (χ2v) is 6.60. The van der Waals surface area contributed by atoms with Crippen LogP contribution in [-0.2, 0) is 13.0 Å². The summed E-state index contributed by atoms with van der Waals surface area (Å²) in [6.45, 7) is 3.32. The van der Waals surface area contributed by atoms with Crippen LogP contribution in [0.2, 0.25) is 5.02 Å². The molecule has 2 N–H and O–H groups in total. The first kappa shape index (κ1) is 19.0. The Morgan fingerprint density at radius 3 is 2.52 bits per heavy atom. The molecule has 0 spiro atoms. The summed E-state index contributed by atoms with van der Waals surface area (Å²) in [6, 6.07) is 17.8. The Morgan fingerprint density at radius 1 is 1.00 bits per heavy atom. The molecule has 0 aliphatic heterocycles. The van der Waals surface area contributed by atoms with E-state index in [2.05, 4.69) is 32.7 Å². The van der Waals surface area contributed by atoms with Crippen LogP contribution in [0.25, 0.3) is 0 Å². The van der Waals surface area contributed by atoms with Crippen molar-refractivity contribution in [1.29, 1.82) is 0 Å². The van der Waals surface area contributed by atoms with Crippen molar-refractivity contribution >= 4 is 23.4 Å². The molecule has 0 unspecified atom stereocenters. The maximum Gasteiger partial charge on any atom is 0.225 e. The number of methoxy groups -OCH3 is 1. The fourth-order valence-electron chi connectivity index (χ4n) is 2.68. The van der Waals surface area contributed by atoms with E-state index in [0.29, 0.717) is 12.5 Å². The average Bonchev–Trinajstić information content (AvgIpc) is 2.67. The number of aromatic nitrogens is 2. The highest BCUT2D eigenvalue weighted by Crippen LogP contribution is 2.17. The van der Waals surface area contributed by atoms with Gasteiger partial charge < -0.3 is 15.4 Å². The van der Waals surface area contributed by atoms with Gasteiger partial charge in [0.1, 0.15) is 11.6 Å². The molecule has 1 heterocycles. The Bertz CT molecular complexity index is 884. The van der Waals surface area contributed by atoms with Crippen LogP contribution in [0.1, 0.15) is 16.8 Å². The Labute approximate surface area is 164 Å². The fraction of sp³-hybridized carbons (Fsp3) is 0.238. The second-order valence-electron chi connectivity index (χ2n) is 6.19. The lowest BCUT2D eigenvalue weighted by Gasteiger charge is -2.11. The predicted molar refractivity (Wildman–Crippen MR) is 111 cm³/mol. The lowest BCUT2D eigenvalue weighted by atomic mass is 10.1. The van der Waals surface area contributed by atoms with Crippen LogP contribution in [0.5, 0.6) is 5.75 Å². The topological polar surface area (TPSA) is 59.1 Å². The number of benzene rings is 2. The summed E-state index contributed by atoms with van der Waals surface area (Å²) >= 11 is 6.20. The summed E-state index contributed by atoms with van der Waals surface area (Å²) in [5.41, 5.74) is 3.16. The van der Waals surface area contributed by atoms with E-state index in [1.54, 1.807) is 7.11 Å². The van der Waals surface area contributed by atoms with Crippen LogP contribution in [0, 0.1) is 6.92 Å². The molecule has 0 amide bonds. The Balaban J connectivity index is 1.57. The van der Waals surface area contributed by atoms with Gasteiger partial charge in [-0.2, -0.15) is 4.98 Å². The minimum absolute atomic E-state index is 0.578. The summed E-state index contributed by atoms with van der Waals surface area (Å²) in [5.74, 6) is 2.26. The quantitative estimate of drug-likeness (QED) is 0.590. The van der Waals surface area contributed by atoms with E-state index >= 15 is 0 Å². The SMILES string of the molecule is COc1ccc(CCNc2cc(C)nc(NCc3ccccc3Cl)n2)cc1.